The van der Waals surface area contributed by atoms with E-state index in [2.05, 4.69) is 17.6 Å². The van der Waals surface area contributed by atoms with Crippen molar-refractivity contribution in [3.8, 4) is 5.75 Å². The normalized spacial score (nSPS) is 19.9. The van der Waals surface area contributed by atoms with Crippen LogP contribution in [-0.4, -0.2) is 37.0 Å². The number of para-hydroxylation sites is 1. The van der Waals surface area contributed by atoms with Crippen molar-refractivity contribution < 1.29 is 14.3 Å². The third kappa shape index (κ3) is 2.96. The van der Waals surface area contributed by atoms with E-state index in [1.54, 1.807) is 7.11 Å². The van der Waals surface area contributed by atoms with Gasteiger partial charge >= 0.3 is 6.03 Å². The first-order valence-corrected chi connectivity index (χ1v) is 8.38. The molecule has 0 aliphatic carbocycles. The molecule has 0 radical (unpaired) electrons. The van der Waals surface area contributed by atoms with Crippen LogP contribution in [0.25, 0.3) is 0 Å². The van der Waals surface area contributed by atoms with E-state index in [4.69, 9.17) is 4.74 Å². The number of hydrogen-bond acceptors (Lipinski definition) is 3. The van der Waals surface area contributed by atoms with Crippen LogP contribution in [0.1, 0.15) is 37.8 Å². The quantitative estimate of drug-likeness (QED) is 0.787. The van der Waals surface area contributed by atoms with Crippen LogP contribution in [0.4, 0.5) is 4.79 Å². The molecule has 2 N–H and O–H groups in total. The van der Waals surface area contributed by atoms with Crippen LogP contribution in [0.3, 0.4) is 0 Å². The van der Waals surface area contributed by atoms with Crippen molar-refractivity contribution in [2.45, 2.75) is 32.2 Å². The molecule has 0 bridgehead atoms. The highest BCUT2D eigenvalue weighted by Gasteiger charge is 2.40. The Balaban J connectivity index is 1.89. The molecule has 2 aliphatic heterocycles. The summed E-state index contributed by atoms with van der Waals surface area (Å²) in [5.74, 6) is 0.651. The molecule has 0 aromatic heterocycles. The number of methoxy groups -OCH3 is 1. The molecule has 0 spiro atoms. The average Bonchev–Trinajstić information content (AvgIpc) is 2.90. The van der Waals surface area contributed by atoms with E-state index in [9.17, 15) is 9.59 Å². The van der Waals surface area contributed by atoms with Crippen LogP contribution >= 0.6 is 0 Å². The third-order valence-electron chi connectivity index (χ3n) is 4.50. The molecule has 1 unspecified atom stereocenters. The second-order valence-electron chi connectivity index (χ2n) is 6.10. The zero-order valence-electron chi connectivity index (χ0n) is 14.1. The van der Waals surface area contributed by atoms with Crippen LogP contribution in [0, 0.1) is 0 Å². The van der Waals surface area contributed by atoms with Crippen molar-refractivity contribution in [1.82, 2.24) is 15.5 Å². The summed E-state index contributed by atoms with van der Waals surface area (Å²) in [6, 6.07) is 6.70. The fourth-order valence-corrected chi connectivity index (χ4v) is 3.30. The highest BCUT2D eigenvalue weighted by molar-refractivity contribution is 6.01. The molecule has 0 fully saturated rings. The Bertz CT molecular complexity index is 684. The van der Waals surface area contributed by atoms with Gasteiger partial charge in [-0.05, 0) is 12.5 Å². The number of amides is 3. The van der Waals surface area contributed by atoms with E-state index in [0.717, 1.165) is 24.8 Å². The molecular weight excluding hydrogens is 306 g/mol. The second-order valence-corrected chi connectivity index (χ2v) is 6.10. The largest absolute Gasteiger partial charge is 0.496 e. The van der Waals surface area contributed by atoms with Crippen LogP contribution < -0.4 is 15.4 Å². The molecule has 2 aliphatic rings. The van der Waals surface area contributed by atoms with E-state index < -0.39 is 6.04 Å². The van der Waals surface area contributed by atoms with E-state index in [1.807, 2.05) is 29.2 Å². The second kappa shape index (κ2) is 6.95. The zero-order valence-corrected chi connectivity index (χ0v) is 14.1. The molecule has 24 heavy (non-hydrogen) atoms. The lowest BCUT2D eigenvalue weighted by molar-refractivity contribution is -0.125. The Morgan fingerprint density at radius 3 is 2.79 bits per heavy atom. The highest BCUT2D eigenvalue weighted by Crippen LogP contribution is 2.36. The number of ether oxygens (including phenoxy) is 1. The van der Waals surface area contributed by atoms with Crippen molar-refractivity contribution in [1.29, 1.82) is 0 Å². The lowest BCUT2D eigenvalue weighted by Crippen LogP contribution is -2.44. The van der Waals surface area contributed by atoms with E-state index in [0.29, 0.717) is 30.1 Å². The van der Waals surface area contributed by atoms with Gasteiger partial charge in [-0.25, -0.2) is 4.79 Å². The minimum absolute atomic E-state index is 0.00971. The molecular formula is C18H23N3O3. The predicted octanol–water partition coefficient (Wildman–Crippen LogP) is 2.34. The van der Waals surface area contributed by atoms with E-state index >= 15 is 0 Å². The zero-order chi connectivity index (χ0) is 17.1. The van der Waals surface area contributed by atoms with Gasteiger partial charge in [-0.1, -0.05) is 38.0 Å². The first-order valence-electron chi connectivity index (χ1n) is 8.38. The van der Waals surface area contributed by atoms with Gasteiger partial charge in [0.05, 0.1) is 31.0 Å². The van der Waals surface area contributed by atoms with Crippen molar-refractivity contribution in [2.24, 2.45) is 0 Å². The fraction of sp³-hybridized carbons (Fsp3) is 0.444. The number of nitrogens with zero attached hydrogens (tertiary/aromatic N) is 1. The number of benzene rings is 1. The number of carbonyl (C=O) groups excluding carboxylic acids is 2. The van der Waals surface area contributed by atoms with Crippen LogP contribution in [-0.2, 0) is 4.79 Å². The van der Waals surface area contributed by atoms with Gasteiger partial charge in [-0.3, -0.25) is 4.79 Å². The Kier molecular flexibility index (Phi) is 4.74. The summed E-state index contributed by atoms with van der Waals surface area (Å²) in [7, 11) is 1.59. The van der Waals surface area contributed by atoms with Crippen molar-refractivity contribution in [3.63, 3.8) is 0 Å². The first kappa shape index (κ1) is 16.4. The molecule has 6 heteroatoms. The number of hydrogen-bond donors (Lipinski definition) is 2. The minimum Gasteiger partial charge on any atom is -0.496 e. The maximum Gasteiger partial charge on any atom is 0.319 e. The highest BCUT2D eigenvalue weighted by atomic mass is 16.5. The molecule has 1 aromatic rings. The summed E-state index contributed by atoms with van der Waals surface area (Å²) < 4.78 is 5.40. The Morgan fingerprint density at radius 2 is 2.04 bits per heavy atom. The number of rotatable bonds is 6. The summed E-state index contributed by atoms with van der Waals surface area (Å²) >= 11 is 0. The number of urea groups is 1. The monoisotopic (exact) mass is 329 g/mol. The Labute approximate surface area is 141 Å². The molecule has 1 aromatic carbocycles. The van der Waals surface area contributed by atoms with Gasteiger partial charge in [-0.15, -0.1) is 0 Å². The lowest BCUT2D eigenvalue weighted by Gasteiger charge is -2.26. The number of unbranched alkanes of at least 4 members (excludes halogenated alkanes) is 2. The first-order chi connectivity index (χ1) is 11.7. The van der Waals surface area contributed by atoms with Gasteiger partial charge in [0.25, 0.3) is 5.91 Å². The minimum atomic E-state index is -0.478. The summed E-state index contributed by atoms with van der Waals surface area (Å²) in [6.45, 7) is 3.32. The molecule has 6 nitrogen and oxygen atoms in total. The van der Waals surface area contributed by atoms with Crippen LogP contribution in [0.5, 0.6) is 5.75 Å². The molecule has 3 amide bonds. The number of nitrogens with one attached hydrogen (secondary N) is 2. The molecule has 0 saturated heterocycles. The van der Waals surface area contributed by atoms with Gasteiger partial charge in [-0.2, -0.15) is 0 Å². The van der Waals surface area contributed by atoms with Crippen molar-refractivity contribution in [2.75, 3.05) is 20.2 Å². The summed E-state index contributed by atoms with van der Waals surface area (Å²) in [6.07, 6.45) is 3.18. The molecule has 1 atom stereocenters. The lowest BCUT2D eigenvalue weighted by atomic mass is 9.95. The Hall–Kier alpha value is -2.50. The standard InChI is InChI=1S/C18H23N3O3/c1-3-4-7-10-21-11-13-15(17(21)22)16(20-18(23)19-13)12-8-5-6-9-14(12)24-2/h5-6,8-9,16H,3-4,7,10-11H2,1-2H3,(H2,19,20,23). The van der Waals surface area contributed by atoms with Crippen LogP contribution in [0.2, 0.25) is 0 Å². The SMILES string of the molecule is CCCCCN1CC2=C(C1=O)C(c1ccccc1OC)NC(=O)N2. The number of carbonyl (C=O) groups is 2. The summed E-state index contributed by atoms with van der Waals surface area (Å²) in [5.41, 5.74) is 2.12. The van der Waals surface area contributed by atoms with Gasteiger partial charge in [0.2, 0.25) is 0 Å². The Morgan fingerprint density at radius 1 is 1.25 bits per heavy atom. The average molecular weight is 329 g/mol. The molecule has 0 saturated carbocycles. The molecule has 128 valence electrons. The fourth-order valence-electron chi connectivity index (χ4n) is 3.30. The molecule has 2 heterocycles. The maximum atomic E-state index is 12.9. The summed E-state index contributed by atoms with van der Waals surface area (Å²) in [5, 5.41) is 5.65. The topological polar surface area (TPSA) is 70.7 Å². The summed E-state index contributed by atoms with van der Waals surface area (Å²) in [4.78, 5) is 26.7. The van der Waals surface area contributed by atoms with Gasteiger partial charge in [0, 0.05) is 12.1 Å². The van der Waals surface area contributed by atoms with Crippen LogP contribution in [0.15, 0.2) is 35.5 Å². The van der Waals surface area contributed by atoms with Gasteiger partial charge < -0.3 is 20.3 Å². The maximum absolute atomic E-state index is 12.9. The molecule has 3 rings (SSSR count). The third-order valence-corrected chi connectivity index (χ3v) is 4.50. The van der Waals surface area contributed by atoms with Crippen molar-refractivity contribution >= 4 is 11.9 Å². The van der Waals surface area contributed by atoms with Gasteiger partial charge in [0.1, 0.15) is 5.75 Å². The van der Waals surface area contributed by atoms with Crippen molar-refractivity contribution in [3.05, 3.63) is 41.1 Å². The predicted molar refractivity (Wildman–Crippen MR) is 90.5 cm³/mol. The van der Waals surface area contributed by atoms with E-state index in [-0.39, 0.29) is 11.9 Å². The van der Waals surface area contributed by atoms with E-state index in [1.165, 1.54) is 0 Å². The smallest absolute Gasteiger partial charge is 0.319 e. The van der Waals surface area contributed by atoms with Gasteiger partial charge in [0.15, 0.2) is 0 Å².